The van der Waals surface area contributed by atoms with E-state index in [9.17, 15) is 5.26 Å². The van der Waals surface area contributed by atoms with Gasteiger partial charge in [0, 0.05) is 27.2 Å². The highest BCUT2D eigenvalue weighted by molar-refractivity contribution is 7.11. The Hall–Kier alpha value is -3.42. The molecule has 5 rings (SSSR count). The summed E-state index contributed by atoms with van der Waals surface area (Å²) in [6.45, 7) is 0. The molecular weight excluding hydrogens is 338 g/mol. The molecule has 2 aromatic heterocycles. The maximum atomic E-state index is 9.87. The summed E-state index contributed by atoms with van der Waals surface area (Å²) in [5.41, 5.74) is 3.58. The first-order valence-electron chi connectivity index (χ1n) is 8.30. The molecule has 0 aliphatic rings. The number of hydrogen-bond acceptors (Lipinski definition) is 3. The molecule has 0 bridgehead atoms. The van der Waals surface area contributed by atoms with Gasteiger partial charge in [-0.3, -0.25) is 0 Å². The van der Waals surface area contributed by atoms with Crippen molar-refractivity contribution in [3.8, 4) is 17.3 Å². The molecule has 0 spiro atoms. The first-order chi connectivity index (χ1) is 12.8. The molecule has 3 nitrogen and oxygen atoms in total. The fourth-order valence-electron chi connectivity index (χ4n) is 3.39. The maximum absolute atomic E-state index is 9.87. The van der Waals surface area contributed by atoms with Gasteiger partial charge in [-0.05, 0) is 11.5 Å². The predicted molar refractivity (Wildman–Crippen MR) is 107 cm³/mol. The summed E-state index contributed by atoms with van der Waals surface area (Å²) < 4.78 is 0. The minimum absolute atomic E-state index is 0.584. The first-order valence-corrected chi connectivity index (χ1v) is 9.18. The Morgan fingerprint density at radius 2 is 1.77 bits per heavy atom. The highest BCUT2D eigenvalue weighted by Crippen LogP contribution is 2.27. The van der Waals surface area contributed by atoms with Crippen molar-refractivity contribution in [3.05, 3.63) is 82.5 Å². The number of nitrogens with one attached hydrogen (secondary N) is 1. The van der Waals surface area contributed by atoms with E-state index in [0.29, 0.717) is 5.57 Å². The van der Waals surface area contributed by atoms with E-state index in [2.05, 4.69) is 29.3 Å². The summed E-state index contributed by atoms with van der Waals surface area (Å²) >= 11 is 1.50. The molecule has 0 amide bonds. The normalized spacial score (nSPS) is 12.4. The van der Waals surface area contributed by atoms with Gasteiger partial charge in [0.05, 0.1) is 11.0 Å². The number of benzene rings is 3. The molecule has 0 fully saturated rings. The van der Waals surface area contributed by atoms with Crippen molar-refractivity contribution in [2.24, 2.45) is 0 Å². The van der Waals surface area contributed by atoms with Gasteiger partial charge >= 0.3 is 0 Å². The second-order valence-electron chi connectivity index (χ2n) is 6.10. The van der Waals surface area contributed by atoms with Gasteiger partial charge in [-0.1, -0.05) is 60.7 Å². The van der Waals surface area contributed by atoms with Gasteiger partial charge in [-0.15, -0.1) is 11.3 Å². The third-order valence-corrected chi connectivity index (χ3v) is 5.44. The lowest BCUT2D eigenvalue weighted by atomic mass is 10.1. The van der Waals surface area contributed by atoms with E-state index in [1.165, 1.54) is 16.7 Å². The molecule has 0 unspecified atom stereocenters. The molecular formula is C22H13N3S. The quantitative estimate of drug-likeness (QED) is 0.492. The van der Waals surface area contributed by atoms with E-state index < -0.39 is 0 Å². The van der Waals surface area contributed by atoms with Gasteiger partial charge in [-0.2, -0.15) is 5.26 Å². The van der Waals surface area contributed by atoms with Gasteiger partial charge in [0.2, 0.25) is 0 Å². The van der Waals surface area contributed by atoms with Crippen LogP contribution in [0.25, 0.3) is 38.5 Å². The molecule has 0 atom stereocenters. The summed E-state index contributed by atoms with van der Waals surface area (Å²) in [7, 11) is 0. The Morgan fingerprint density at radius 3 is 2.58 bits per heavy atom. The van der Waals surface area contributed by atoms with Crippen molar-refractivity contribution in [1.29, 1.82) is 5.26 Å². The SMILES string of the molecule is N#C/C(c1nc(-c2ccccc2)cs1)=c1/[nH]c2cccc3cccc1c32. The molecule has 5 aromatic rings. The van der Waals surface area contributed by atoms with Crippen LogP contribution >= 0.6 is 11.3 Å². The molecule has 26 heavy (non-hydrogen) atoms. The van der Waals surface area contributed by atoms with Crippen LogP contribution in [0.2, 0.25) is 0 Å². The standard InChI is InChI=1S/C22H13N3S/c23-12-17(22-25-19(13-26-22)14-6-2-1-3-7-14)21-16-10-4-8-15-9-5-11-18(24-21)20(15)16/h1-11,13,24H/b21-17-. The molecule has 3 aromatic carbocycles. The lowest BCUT2D eigenvalue weighted by Gasteiger charge is -1.96. The number of aromatic nitrogens is 2. The Bertz CT molecular complexity index is 1330. The smallest absolute Gasteiger partial charge is 0.136 e. The fourth-order valence-corrected chi connectivity index (χ4v) is 4.22. The van der Waals surface area contributed by atoms with Crippen LogP contribution in [0.5, 0.6) is 0 Å². The Labute approximate surface area is 153 Å². The average molecular weight is 351 g/mol. The third-order valence-electron chi connectivity index (χ3n) is 4.58. The summed E-state index contributed by atoms with van der Waals surface area (Å²) in [6.07, 6.45) is 0. The largest absolute Gasteiger partial charge is 0.353 e. The van der Waals surface area contributed by atoms with E-state index in [0.717, 1.165) is 37.9 Å². The zero-order valence-electron chi connectivity index (χ0n) is 13.7. The number of rotatable bonds is 2. The van der Waals surface area contributed by atoms with Crippen LogP contribution in [-0.4, -0.2) is 9.97 Å². The van der Waals surface area contributed by atoms with Gasteiger partial charge in [0.25, 0.3) is 0 Å². The van der Waals surface area contributed by atoms with E-state index >= 15 is 0 Å². The van der Waals surface area contributed by atoms with E-state index in [1.807, 2.05) is 53.9 Å². The predicted octanol–water partition coefficient (Wildman–Crippen LogP) is 4.89. The van der Waals surface area contributed by atoms with Crippen molar-refractivity contribution < 1.29 is 0 Å². The van der Waals surface area contributed by atoms with Crippen molar-refractivity contribution in [1.82, 2.24) is 9.97 Å². The minimum atomic E-state index is 0.584. The number of nitriles is 1. The fraction of sp³-hybridized carbons (Fsp3) is 0. The van der Waals surface area contributed by atoms with Crippen LogP contribution < -0.4 is 5.35 Å². The molecule has 0 saturated heterocycles. The molecule has 0 aliphatic carbocycles. The zero-order chi connectivity index (χ0) is 17.5. The number of aromatic amines is 1. The van der Waals surface area contributed by atoms with E-state index in [-0.39, 0.29) is 0 Å². The van der Waals surface area contributed by atoms with Crippen molar-refractivity contribution in [3.63, 3.8) is 0 Å². The number of thiazole rings is 1. The summed E-state index contributed by atoms with van der Waals surface area (Å²) in [6, 6.07) is 24.8. The lowest BCUT2D eigenvalue weighted by Crippen LogP contribution is -2.07. The van der Waals surface area contributed by atoms with Crippen LogP contribution in [0.3, 0.4) is 0 Å². The first kappa shape index (κ1) is 14.9. The number of hydrogen-bond donors (Lipinski definition) is 1. The van der Waals surface area contributed by atoms with Crippen LogP contribution in [0.4, 0.5) is 0 Å². The van der Waals surface area contributed by atoms with Gasteiger partial charge in [0.1, 0.15) is 16.6 Å². The Kier molecular flexibility index (Phi) is 3.34. The molecule has 2 heterocycles. The lowest BCUT2D eigenvalue weighted by molar-refractivity contribution is 1.33. The molecule has 0 saturated carbocycles. The average Bonchev–Trinajstić information content (AvgIpc) is 3.31. The highest BCUT2D eigenvalue weighted by atomic mass is 32.1. The van der Waals surface area contributed by atoms with Crippen LogP contribution in [0.15, 0.2) is 72.1 Å². The Morgan fingerprint density at radius 1 is 0.962 bits per heavy atom. The van der Waals surface area contributed by atoms with Crippen molar-refractivity contribution in [2.75, 3.05) is 0 Å². The molecule has 0 aliphatic heterocycles. The van der Waals surface area contributed by atoms with Gasteiger partial charge in [0.15, 0.2) is 0 Å². The van der Waals surface area contributed by atoms with Crippen LogP contribution in [0.1, 0.15) is 5.01 Å². The highest BCUT2D eigenvalue weighted by Gasteiger charge is 2.14. The van der Waals surface area contributed by atoms with Crippen molar-refractivity contribution in [2.45, 2.75) is 0 Å². The number of nitrogens with zero attached hydrogens (tertiary/aromatic N) is 2. The van der Waals surface area contributed by atoms with Crippen molar-refractivity contribution >= 4 is 38.6 Å². The summed E-state index contributed by atoms with van der Waals surface area (Å²) in [5, 5.41) is 16.8. The van der Waals surface area contributed by atoms with Gasteiger partial charge in [-0.25, -0.2) is 4.98 Å². The zero-order valence-corrected chi connectivity index (χ0v) is 14.5. The van der Waals surface area contributed by atoms with Crippen LogP contribution in [0, 0.1) is 11.3 Å². The van der Waals surface area contributed by atoms with Crippen LogP contribution in [-0.2, 0) is 0 Å². The minimum Gasteiger partial charge on any atom is -0.353 e. The topological polar surface area (TPSA) is 52.5 Å². The van der Waals surface area contributed by atoms with Gasteiger partial charge < -0.3 is 4.98 Å². The molecule has 122 valence electrons. The Balaban J connectivity index is 1.79. The second kappa shape index (κ2) is 5.83. The monoisotopic (exact) mass is 351 g/mol. The summed E-state index contributed by atoms with van der Waals surface area (Å²) in [5.74, 6) is 0. The molecule has 1 N–H and O–H groups in total. The molecule has 4 heteroatoms. The third kappa shape index (κ3) is 2.22. The number of H-pyrrole nitrogens is 1. The van der Waals surface area contributed by atoms with E-state index in [1.54, 1.807) is 0 Å². The molecule has 0 radical (unpaired) electrons. The maximum Gasteiger partial charge on any atom is 0.136 e. The summed E-state index contributed by atoms with van der Waals surface area (Å²) in [4.78, 5) is 8.15. The van der Waals surface area contributed by atoms with E-state index in [4.69, 9.17) is 4.98 Å². The second-order valence-corrected chi connectivity index (χ2v) is 6.96.